The lowest BCUT2D eigenvalue weighted by atomic mass is 9.93. The molecule has 0 atom stereocenters. The molecule has 2 amide bonds. The van der Waals surface area contributed by atoms with E-state index in [1.807, 2.05) is 25.1 Å². The zero-order valence-electron chi connectivity index (χ0n) is 14.3. The van der Waals surface area contributed by atoms with Gasteiger partial charge in [0.05, 0.1) is 0 Å². The molecule has 1 heterocycles. The molecule has 3 N–H and O–H groups in total. The summed E-state index contributed by atoms with van der Waals surface area (Å²) in [5.41, 5.74) is 1.71. The molecule has 6 heteroatoms. The minimum absolute atomic E-state index is 0. The van der Waals surface area contributed by atoms with Crippen LogP contribution >= 0.6 is 12.4 Å². The average molecular weight is 354 g/mol. The first-order valence-corrected chi connectivity index (χ1v) is 8.47. The molecule has 0 aliphatic carbocycles. The maximum absolute atomic E-state index is 11.9. The van der Waals surface area contributed by atoms with Gasteiger partial charge < -0.3 is 16.0 Å². The Kier molecular flexibility index (Phi) is 9.42. The number of benzene rings is 1. The van der Waals surface area contributed by atoms with E-state index in [4.69, 9.17) is 0 Å². The van der Waals surface area contributed by atoms with Crippen molar-refractivity contribution < 1.29 is 9.59 Å². The van der Waals surface area contributed by atoms with Gasteiger partial charge in [0.25, 0.3) is 5.91 Å². The molecule has 0 aromatic heterocycles. The fourth-order valence-corrected chi connectivity index (χ4v) is 2.86. The highest BCUT2D eigenvalue weighted by molar-refractivity contribution is 5.94. The van der Waals surface area contributed by atoms with Gasteiger partial charge >= 0.3 is 0 Å². The summed E-state index contributed by atoms with van der Waals surface area (Å²) in [7, 11) is 0. The number of amides is 2. The molecule has 1 aromatic carbocycles. The van der Waals surface area contributed by atoms with Crippen LogP contribution in [-0.2, 0) is 4.79 Å². The molecule has 1 aromatic rings. The van der Waals surface area contributed by atoms with E-state index in [1.165, 1.54) is 12.8 Å². The summed E-state index contributed by atoms with van der Waals surface area (Å²) in [5.74, 6) is 0.647. The quantitative estimate of drug-likeness (QED) is 0.657. The molecule has 5 nitrogen and oxygen atoms in total. The average Bonchev–Trinajstić information content (AvgIpc) is 2.57. The van der Waals surface area contributed by atoms with Crippen molar-refractivity contribution in [2.45, 2.75) is 32.6 Å². The molecule has 1 saturated heterocycles. The topological polar surface area (TPSA) is 70.2 Å². The van der Waals surface area contributed by atoms with Gasteiger partial charge in [0.1, 0.15) is 0 Å². The van der Waals surface area contributed by atoms with Crippen LogP contribution < -0.4 is 16.0 Å². The number of aryl methyl sites for hydroxylation is 1. The summed E-state index contributed by atoms with van der Waals surface area (Å²) < 4.78 is 0. The maximum Gasteiger partial charge on any atom is 0.251 e. The van der Waals surface area contributed by atoms with Crippen molar-refractivity contribution in [3.05, 3.63) is 35.4 Å². The third kappa shape index (κ3) is 7.32. The molecule has 2 rings (SSSR count). The molecule has 0 saturated carbocycles. The molecule has 0 unspecified atom stereocenters. The molecular weight excluding hydrogens is 326 g/mol. The first kappa shape index (κ1) is 20.5. The maximum atomic E-state index is 11.9. The number of hydrogen-bond acceptors (Lipinski definition) is 3. The first-order valence-electron chi connectivity index (χ1n) is 8.47. The Morgan fingerprint density at radius 1 is 1.17 bits per heavy atom. The molecule has 134 valence electrons. The van der Waals surface area contributed by atoms with Crippen molar-refractivity contribution in [2.75, 3.05) is 26.2 Å². The molecule has 1 fully saturated rings. The van der Waals surface area contributed by atoms with Crippen LogP contribution in [0.25, 0.3) is 0 Å². The van der Waals surface area contributed by atoms with E-state index in [-0.39, 0.29) is 24.2 Å². The number of rotatable bonds is 7. The van der Waals surface area contributed by atoms with Crippen molar-refractivity contribution in [3.63, 3.8) is 0 Å². The summed E-state index contributed by atoms with van der Waals surface area (Å²) in [6.07, 6.45) is 3.87. The van der Waals surface area contributed by atoms with Gasteiger partial charge in [-0.15, -0.1) is 12.4 Å². The minimum atomic E-state index is -0.0994. The predicted octanol–water partition coefficient (Wildman–Crippen LogP) is 2.04. The summed E-state index contributed by atoms with van der Waals surface area (Å²) in [5, 5.41) is 9.03. The molecule has 1 aliphatic heterocycles. The molecule has 24 heavy (non-hydrogen) atoms. The highest BCUT2D eigenvalue weighted by atomic mass is 35.5. The van der Waals surface area contributed by atoms with Crippen molar-refractivity contribution >= 4 is 24.2 Å². The normalized spacial score (nSPS) is 14.5. The number of halogens is 1. The van der Waals surface area contributed by atoms with E-state index in [1.54, 1.807) is 6.07 Å². The second kappa shape index (κ2) is 11.0. The van der Waals surface area contributed by atoms with Crippen LogP contribution in [0.2, 0.25) is 0 Å². The Labute approximate surface area is 150 Å². The van der Waals surface area contributed by atoms with Crippen LogP contribution in [0.1, 0.15) is 41.6 Å². The second-order valence-electron chi connectivity index (χ2n) is 6.21. The summed E-state index contributed by atoms with van der Waals surface area (Å²) in [6.45, 7) is 5.02. The van der Waals surface area contributed by atoms with Crippen LogP contribution in [0, 0.1) is 12.8 Å². The Bertz CT molecular complexity index is 531. The Hall–Kier alpha value is -1.59. The van der Waals surface area contributed by atoms with Gasteiger partial charge in [0, 0.05) is 25.1 Å². The van der Waals surface area contributed by atoms with E-state index >= 15 is 0 Å². The lowest BCUT2D eigenvalue weighted by Crippen LogP contribution is -2.35. The minimum Gasteiger partial charge on any atom is -0.354 e. The molecule has 0 radical (unpaired) electrons. The van der Waals surface area contributed by atoms with Gasteiger partial charge in [-0.1, -0.05) is 17.7 Å². The fraction of sp³-hybridized carbons (Fsp3) is 0.556. The van der Waals surface area contributed by atoms with E-state index < -0.39 is 0 Å². The summed E-state index contributed by atoms with van der Waals surface area (Å²) in [6, 6.07) is 7.47. The van der Waals surface area contributed by atoms with Crippen LogP contribution in [-0.4, -0.2) is 38.0 Å². The van der Waals surface area contributed by atoms with Gasteiger partial charge in [-0.3, -0.25) is 9.59 Å². The standard InChI is InChI=1S/C18H27N3O2.ClH/c1-14-3-2-4-16(13-14)18(23)21-12-11-20-17(22)6-5-15-7-9-19-10-8-15;/h2-4,13,15,19H,5-12H2,1H3,(H,20,22)(H,21,23);1H. The summed E-state index contributed by atoms with van der Waals surface area (Å²) >= 11 is 0. The second-order valence-corrected chi connectivity index (χ2v) is 6.21. The number of nitrogens with one attached hydrogen (secondary N) is 3. The van der Waals surface area contributed by atoms with Crippen LogP contribution in [0.4, 0.5) is 0 Å². The molecular formula is C18H28ClN3O2. The van der Waals surface area contributed by atoms with Gasteiger partial charge in [0.15, 0.2) is 0 Å². The van der Waals surface area contributed by atoms with Crippen molar-refractivity contribution in [2.24, 2.45) is 5.92 Å². The first-order chi connectivity index (χ1) is 11.1. The number of carbonyl (C=O) groups excluding carboxylic acids is 2. The highest BCUT2D eigenvalue weighted by Crippen LogP contribution is 2.17. The lowest BCUT2D eigenvalue weighted by molar-refractivity contribution is -0.121. The zero-order valence-corrected chi connectivity index (χ0v) is 15.1. The predicted molar refractivity (Wildman–Crippen MR) is 98.6 cm³/mol. The van der Waals surface area contributed by atoms with Gasteiger partial charge in [0.2, 0.25) is 5.91 Å². The van der Waals surface area contributed by atoms with E-state index in [0.29, 0.717) is 31.0 Å². The Morgan fingerprint density at radius 3 is 2.58 bits per heavy atom. The number of carbonyl (C=O) groups is 2. The third-order valence-electron chi connectivity index (χ3n) is 4.25. The van der Waals surface area contributed by atoms with Crippen LogP contribution in [0.3, 0.4) is 0 Å². The largest absolute Gasteiger partial charge is 0.354 e. The van der Waals surface area contributed by atoms with Gasteiger partial charge in [-0.05, 0) is 57.3 Å². The van der Waals surface area contributed by atoms with E-state index in [9.17, 15) is 9.59 Å². The van der Waals surface area contributed by atoms with Gasteiger partial charge in [-0.2, -0.15) is 0 Å². The Balaban J connectivity index is 0.00000288. The summed E-state index contributed by atoms with van der Waals surface area (Å²) in [4.78, 5) is 23.7. The number of piperidine rings is 1. The third-order valence-corrected chi connectivity index (χ3v) is 4.25. The fourth-order valence-electron chi connectivity index (χ4n) is 2.86. The van der Waals surface area contributed by atoms with E-state index in [2.05, 4.69) is 16.0 Å². The van der Waals surface area contributed by atoms with Crippen molar-refractivity contribution in [3.8, 4) is 0 Å². The highest BCUT2D eigenvalue weighted by Gasteiger charge is 2.14. The van der Waals surface area contributed by atoms with E-state index in [0.717, 1.165) is 25.1 Å². The SMILES string of the molecule is Cc1cccc(C(=O)NCCNC(=O)CCC2CCNCC2)c1.Cl. The van der Waals surface area contributed by atoms with Crippen LogP contribution in [0.15, 0.2) is 24.3 Å². The van der Waals surface area contributed by atoms with Crippen molar-refractivity contribution in [1.29, 1.82) is 0 Å². The molecule has 0 spiro atoms. The monoisotopic (exact) mass is 353 g/mol. The lowest BCUT2D eigenvalue weighted by Gasteiger charge is -2.22. The molecule has 0 bridgehead atoms. The number of hydrogen-bond donors (Lipinski definition) is 3. The smallest absolute Gasteiger partial charge is 0.251 e. The zero-order chi connectivity index (χ0) is 16.5. The Morgan fingerprint density at radius 2 is 1.88 bits per heavy atom. The molecule has 1 aliphatic rings. The van der Waals surface area contributed by atoms with Gasteiger partial charge in [-0.25, -0.2) is 0 Å². The van der Waals surface area contributed by atoms with Crippen molar-refractivity contribution in [1.82, 2.24) is 16.0 Å². The van der Waals surface area contributed by atoms with Crippen LogP contribution in [0.5, 0.6) is 0 Å².